The molecule has 18 heavy (non-hydrogen) atoms. The van der Waals surface area contributed by atoms with Gasteiger partial charge in [0.15, 0.2) is 0 Å². The number of ether oxygens (including phenoxy) is 2. The van der Waals surface area contributed by atoms with Crippen LogP contribution in [0.4, 0.5) is 0 Å². The monoisotopic (exact) mass is 248 g/mol. The molecule has 0 spiro atoms. The summed E-state index contributed by atoms with van der Waals surface area (Å²) in [5.74, 6) is 1.52. The van der Waals surface area contributed by atoms with Crippen molar-refractivity contribution >= 4 is 0 Å². The molecule has 0 atom stereocenters. The Hall–Kier alpha value is -1.73. The molecular weight excluding hydrogens is 228 g/mol. The first-order chi connectivity index (χ1) is 8.52. The second kappa shape index (κ2) is 6.27. The van der Waals surface area contributed by atoms with Crippen LogP contribution in [-0.4, -0.2) is 13.7 Å². The summed E-state index contributed by atoms with van der Waals surface area (Å²) in [6.45, 7) is 4.69. The van der Waals surface area contributed by atoms with Gasteiger partial charge in [-0.05, 0) is 38.5 Å². The molecule has 0 heterocycles. The van der Waals surface area contributed by atoms with E-state index in [1.54, 1.807) is 7.11 Å². The first-order valence-electron chi connectivity index (χ1n) is 5.93. The minimum absolute atomic E-state index is 0.366. The topological polar surface area (TPSA) is 68.3 Å². The van der Waals surface area contributed by atoms with Crippen LogP contribution in [-0.2, 0) is 6.54 Å². The normalized spacial score (nSPS) is 10.8. The van der Waals surface area contributed by atoms with Crippen LogP contribution in [0.2, 0.25) is 0 Å². The molecule has 0 bridgehead atoms. The van der Waals surface area contributed by atoms with Crippen LogP contribution in [0.1, 0.15) is 25.8 Å². The molecule has 0 unspecified atom stereocenters. The molecular formula is C14H20N2O2. The molecule has 0 amide bonds. The number of nitrogens with zero attached hydrogens (tertiary/aromatic N) is 1. The number of nitrogens with two attached hydrogens (primary N) is 1. The lowest BCUT2D eigenvalue weighted by Gasteiger charge is -2.17. The van der Waals surface area contributed by atoms with E-state index in [2.05, 4.69) is 6.07 Å². The molecule has 1 aromatic rings. The zero-order chi connectivity index (χ0) is 13.6. The summed E-state index contributed by atoms with van der Waals surface area (Å²) in [6, 6.07) is 7.80. The SMILES string of the molecule is COc1ccc(OCCC(C)(C)C#N)c(CN)c1. The Balaban J connectivity index is 2.65. The van der Waals surface area contributed by atoms with Gasteiger partial charge >= 0.3 is 0 Å². The Labute approximate surface area is 108 Å². The van der Waals surface area contributed by atoms with Gasteiger partial charge < -0.3 is 15.2 Å². The first-order valence-corrected chi connectivity index (χ1v) is 5.93. The van der Waals surface area contributed by atoms with Crippen LogP contribution in [0.3, 0.4) is 0 Å². The summed E-state index contributed by atoms with van der Waals surface area (Å²) in [6.07, 6.45) is 0.680. The molecule has 0 aliphatic heterocycles. The zero-order valence-electron chi connectivity index (χ0n) is 11.2. The van der Waals surface area contributed by atoms with E-state index in [1.165, 1.54) is 0 Å². The average Bonchev–Trinajstić information content (AvgIpc) is 2.38. The Morgan fingerprint density at radius 2 is 2.11 bits per heavy atom. The third-order valence-electron chi connectivity index (χ3n) is 2.77. The standard InChI is InChI=1S/C14H20N2O2/c1-14(2,10-16)6-7-18-13-5-4-12(17-3)8-11(13)9-15/h4-5,8H,6-7,9,15H2,1-3H3. The highest BCUT2D eigenvalue weighted by Crippen LogP contribution is 2.25. The number of hydrogen-bond acceptors (Lipinski definition) is 4. The lowest BCUT2D eigenvalue weighted by atomic mass is 9.92. The van der Waals surface area contributed by atoms with Gasteiger partial charge in [-0.25, -0.2) is 0 Å². The van der Waals surface area contributed by atoms with Gasteiger partial charge in [0, 0.05) is 12.1 Å². The van der Waals surface area contributed by atoms with Crippen LogP contribution in [0, 0.1) is 16.7 Å². The molecule has 0 saturated heterocycles. The highest BCUT2D eigenvalue weighted by Gasteiger charge is 2.16. The number of hydrogen-bond donors (Lipinski definition) is 1. The molecule has 1 aromatic carbocycles. The van der Waals surface area contributed by atoms with Crippen molar-refractivity contribution < 1.29 is 9.47 Å². The quantitative estimate of drug-likeness (QED) is 0.839. The van der Waals surface area contributed by atoms with Crippen molar-refractivity contribution in [2.45, 2.75) is 26.8 Å². The van der Waals surface area contributed by atoms with Gasteiger partial charge in [0.1, 0.15) is 11.5 Å². The van der Waals surface area contributed by atoms with Crippen molar-refractivity contribution in [3.05, 3.63) is 23.8 Å². The summed E-state index contributed by atoms with van der Waals surface area (Å²) in [7, 11) is 1.62. The second-order valence-electron chi connectivity index (χ2n) is 4.77. The Morgan fingerprint density at radius 3 is 2.67 bits per heavy atom. The maximum Gasteiger partial charge on any atom is 0.124 e. The third kappa shape index (κ3) is 3.94. The fraction of sp³-hybridized carbons (Fsp3) is 0.500. The summed E-state index contributed by atoms with van der Waals surface area (Å²) in [5.41, 5.74) is 6.21. The molecule has 0 aliphatic carbocycles. The van der Waals surface area contributed by atoms with E-state index < -0.39 is 0 Å². The van der Waals surface area contributed by atoms with Gasteiger partial charge in [-0.2, -0.15) is 5.26 Å². The van der Waals surface area contributed by atoms with Crippen molar-refractivity contribution in [1.29, 1.82) is 5.26 Å². The molecule has 2 N–H and O–H groups in total. The minimum atomic E-state index is -0.366. The van der Waals surface area contributed by atoms with Gasteiger partial charge in [0.2, 0.25) is 0 Å². The largest absolute Gasteiger partial charge is 0.497 e. The predicted octanol–water partition coefficient (Wildman–Crippen LogP) is 2.47. The van der Waals surface area contributed by atoms with Gasteiger partial charge in [-0.15, -0.1) is 0 Å². The van der Waals surface area contributed by atoms with Gasteiger partial charge in [0.25, 0.3) is 0 Å². The molecule has 0 aliphatic rings. The smallest absolute Gasteiger partial charge is 0.124 e. The Kier molecular flexibility index (Phi) is 4.99. The summed E-state index contributed by atoms with van der Waals surface area (Å²) in [5, 5.41) is 8.92. The molecule has 0 fully saturated rings. The van der Waals surface area contributed by atoms with Crippen LogP contribution in [0.5, 0.6) is 11.5 Å². The van der Waals surface area contributed by atoms with Crippen LogP contribution in [0.15, 0.2) is 18.2 Å². The Morgan fingerprint density at radius 1 is 1.39 bits per heavy atom. The van der Waals surface area contributed by atoms with Crippen molar-refractivity contribution in [3.8, 4) is 17.6 Å². The number of benzene rings is 1. The number of methoxy groups -OCH3 is 1. The summed E-state index contributed by atoms with van der Waals surface area (Å²) >= 11 is 0. The van der Waals surface area contributed by atoms with Crippen LogP contribution in [0.25, 0.3) is 0 Å². The van der Waals surface area contributed by atoms with E-state index in [-0.39, 0.29) is 5.41 Å². The van der Waals surface area contributed by atoms with Crippen LogP contribution < -0.4 is 15.2 Å². The molecule has 0 radical (unpaired) electrons. The summed E-state index contributed by atoms with van der Waals surface area (Å²) < 4.78 is 10.8. The number of nitriles is 1. The van der Waals surface area contributed by atoms with Gasteiger partial charge in [-0.1, -0.05) is 0 Å². The predicted molar refractivity (Wildman–Crippen MR) is 70.4 cm³/mol. The molecule has 4 nitrogen and oxygen atoms in total. The van der Waals surface area contributed by atoms with E-state index in [0.29, 0.717) is 19.6 Å². The fourth-order valence-electron chi connectivity index (χ4n) is 1.46. The van der Waals surface area contributed by atoms with Gasteiger partial charge in [-0.3, -0.25) is 0 Å². The van der Waals surface area contributed by atoms with E-state index >= 15 is 0 Å². The van der Waals surface area contributed by atoms with E-state index in [4.69, 9.17) is 20.5 Å². The maximum atomic E-state index is 8.92. The zero-order valence-corrected chi connectivity index (χ0v) is 11.2. The van der Waals surface area contributed by atoms with E-state index in [9.17, 15) is 0 Å². The van der Waals surface area contributed by atoms with Crippen molar-refractivity contribution in [1.82, 2.24) is 0 Å². The van der Waals surface area contributed by atoms with Gasteiger partial charge in [0.05, 0.1) is 25.2 Å². The first kappa shape index (κ1) is 14.3. The lowest BCUT2D eigenvalue weighted by Crippen LogP contribution is -2.14. The third-order valence-corrected chi connectivity index (χ3v) is 2.77. The molecule has 1 rings (SSSR count). The number of rotatable bonds is 6. The Bertz CT molecular complexity index is 436. The van der Waals surface area contributed by atoms with Crippen molar-refractivity contribution in [2.24, 2.45) is 11.1 Å². The maximum absolute atomic E-state index is 8.92. The highest BCUT2D eigenvalue weighted by molar-refractivity contribution is 5.40. The second-order valence-corrected chi connectivity index (χ2v) is 4.77. The highest BCUT2D eigenvalue weighted by atomic mass is 16.5. The van der Waals surface area contributed by atoms with E-state index in [1.807, 2.05) is 32.0 Å². The molecule has 98 valence electrons. The van der Waals surface area contributed by atoms with Crippen LogP contribution >= 0.6 is 0 Å². The van der Waals surface area contributed by atoms with Crippen molar-refractivity contribution in [2.75, 3.05) is 13.7 Å². The minimum Gasteiger partial charge on any atom is -0.497 e. The lowest BCUT2D eigenvalue weighted by molar-refractivity contribution is 0.262. The molecule has 0 saturated carbocycles. The average molecular weight is 248 g/mol. The summed E-state index contributed by atoms with van der Waals surface area (Å²) in [4.78, 5) is 0. The van der Waals surface area contributed by atoms with E-state index in [0.717, 1.165) is 17.1 Å². The fourth-order valence-corrected chi connectivity index (χ4v) is 1.46. The molecule has 4 heteroatoms. The molecule has 0 aromatic heterocycles. The van der Waals surface area contributed by atoms with Crippen molar-refractivity contribution in [3.63, 3.8) is 0 Å².